The second kappa shape index (κ2) is 5.63. The van der Waals surface area contributed by atoms with Crippen LogP contribution in [0.4, 0.5) is 17.6 Å². The number of hydrogen-bond donors (Lipinski definition) is 1. The molecule has 0 aromatic heterocycles. The number of halogens is 4. The molecule has 0 amide bonds. The van der Waals surface area contributed by atoms with Crippen LogP contribution in [0.2, 0.25) is 0 Å². The summed E-state index contributed by atoms with van der Waals surface area (Å²) in [5, 5.41) is 0. The lowest BCUT2D eigenvalue weighted by Crippen LogP contribution is -2.07. The minimum Gasteiger partial charge on any atom is -0.330 e. The fourth-order valence-electron chi connectivity index (χ4n) is 2.11. The first-order valence-corrected chi connectivity index (χ1v) is 6.08. The van der Waals surface area contributed by atoms with Crippen molar-refractivity contribution in [3.05, 3.63) is 59.4 Å². The Hall–Kier alpha value is -1.88. The van der Waals surface area contributed by atoms with E-state index in [1.165, 1.54) is 24.3 Å². The van der Waals surface area contributed by atoms with Gasteiger partial charge in [0, 0.05) is 5.56 Å². The predicted octanol–water partition coefficient (Wildman–Crippen LogP) is 4.01. The van der Waals surface area contributed by atoms with Crippen molar-refractivity contribution in [2.75, 3.05) is 6.54 Å². The van der Waals surface area contributed by atoms with Gasteiger partial charge in [0.05, 0.1) is 5.56 Å². The molecule has 5 heteroatoms. The average Bonchev–Trinajstić information content (AvgIpc) is 2.38. The van der Waals surface area contributed by atoms with Crippen LogP contribution in [0.5, 0.6) is 0 Å². The summed E-state index contributed by atoms with van der Waals surface area (Å²) in [4.78, 5) is 0. The topological polar surface area (TPSA) is 26.0 Å². The van der Waals surface area contributed by atoms with Gasteiger partial charge in [0.15, 0.2) is 0 Å². The zero-order valence-corrected chi connectivity index (χ0v) is 10.5. The predicted molar refractivity (Wildman–Crippen MR) is 69.6 cm³/mol. The maximum atomic E-state index is 14.0. The van der Waals surface area contributed by atoms with Crippen LogP contribution in [-0.4, -0.2) is 6.54 Å². The monoisotopic (exact) mass is 283 g/mol. The van der Waals surface area contributed by atoms with Gasteiger partial charge in [0.25, 0.3) is 0 Å². The number of rotatable bonds is 3. The molecule has 2 aromatic carbocycles. The van der Waals surface area contributed by atoms with Crippen LogP contribution < -0.4 is 5.73 Å². The number of nitrogens with two attached hydrogens (primary N) is 1. The summed E-state index contributed by atoms with van der Waals surface area (Å²) in [6.07, 6.45) is -4.04. The summed E-state index contributed by atoms with van der Waals surface area (Å²) in [7, 11) is 0. The van der Waals surface area contributed by atoms with Crippen molar-refractivity contribution in [2.24, 2.45) is 5.73 Å². The standard InChI is InChI=1S/C15H13F4N/c16-13-6-2-3-10(7-8-20)14(13)11-4-1-5-12(9-11)15(17,18)19/h1-6,9H,7-8,20H2. The largest absolute Gasteiger partial charge is 0.416 e. The summed E-state index contributed by atoms with van der Waals surface area (Å²) < 4.78 is 52.1. The highest BCUT2D eigenvalue weighted by Gasteiger charge is 2.30. The second-order valence-electron chi connectivity index (χ2n) is 4.39. The first-order chi connectivity index (χ1) is 9.43. The van der Waals surface area contributed by atoms with E-state index in [9.17, 15) is 17.6 Å². The molecule has 0 saturated heterocycles. The third-order valence-corrected chi connectivity index (χ3v) is 2.99. The minimum atomic E-state index is -4.45. The summed E-state index contributed by atoms with van der Waals surface area (Å²) in [5.41, 5.74) is 5.66. The molecule has 2 rings (SSSR count). The normalized spacial score (nSPS) is 11.7. The number of benzene rings is 2. The number of hydrogen-bond acceptors (Lipinski definition) is 1. The van der Waals surface area contributed by atoms with E-state index in [2.05, 4.69) is 0 Å². The van der Waals surface area contributed by atoms with Crippen LogP contribution in [0.1, 0.15) is 11.1 Å². The van der Waals surface area contributed by atoms with E-state index in [4.69, 9.17) is 5.73 Å². The van der Waals surface area contributed by atoms with Gasteiger partial charge in [-0.05, 0) is 42.3 Å². The quantitative estimate of drug-likeness (QED) is 0.846. The molecule has 0 unspecified atom stereocenters. The maximum absolute atomic E-state index is 14.0. The smallest absolute Gasteiger partial charge is 0.330 e. The van der Waals surface area contributed by atoms with Crippen LogP contribution in [0.15, 0.2) is 42.5 Å². The molecule has 20 heavy (non-hydrogen) atoms. The van der Waals surface area contributed by atoms with Crippen molar-refractivity contribution in [3.8, 4) is 11.1 Å². The Balaban J connectivity index is 2.57. The van der Waals surface area contributed by atoms with Crippen molar-refractivity contribution in [3.63, 3.8) is 0 Å². The van der Waals surface area contributed by atoms with Gasteiger partial charge in [0.1, 0.15) is 5.82 Å². The first kappa shape index (κ1) is 14.5. The minimum absolute atomic E-state index is 0.184. The van der Waals surface area contributed by atoms with Crippen LogP contribution in [0, 0.1) is 5.82 Å². The Labute approximate surface area is 114 Å². The molecule has 2 N–H and O–H groups in total. The van der Waals surface area contributed by atoms with Gasteiger partial charge < -0.3 is 5.73 Å². The van der Waals surface area contributed by atoms with E-state index in [0.29, 0.717) is 18.5 Å². The lowest BCUT2D eigenvalue weighted by atomic mass is 9.95. The fraction of sp³-hybridized carbons (Fsp3) is 0.200. The van der Waals surface area contributed by atoms with Crippen LogP contribution in [0.3, 0.4) is 0 Å². The summed E-state index contributed by atoms with van der Waals surface area (Å²) >= 11 is 0. The molecule has 0 radical (unpaired) electrons. The van der Waals surface area contributed by atoms with Gasteiger partial charge in [0.2, 0.25) is 0 Å². The Bertz CT molecular complexity index is 605. The SMILES string of the molecule is NCCc1cccc(F)c1-c1cccc(C(F)(F)F)c1. The molecule has 0 heterocycles. The summed E-state index contributed by atoms with van der Waals surface area (Å²) in [6, 6.07) is 9.09. The molecule has 0 saturated carbocycles. The molecule has 0 fully saturated rings. The lowest BCUT2D eigenvalue weighted by molar-refractivity contribution is -0.137. The van der Waals surface area contributed by atoms with E-state index in [-0.39, 0.29) is 11.1 Å². The van der Waals surface area contributed by atoms with Crippen LogP contribution in [-0.2, 0) is 12.6 Å². The zero-order chi connectivity index (χ0) is 14.8. The van der Waals surface area contributed by atoms with Crippen molar-refractivity contribution in [1.29, 1.82) is 0 Å². The third kappa shape index (κ3) is 2.99. The average molecular weight is 283 g/mol. The lowest BCUT2D eigenvalue weighted by Gasteiger charge is -2.13. The molecule has 0 aliphatic carbocycles. The molecular weight excluding hydrogens is 270 g/mol. The van der Waals surface area contributed by atoms with Crippen LogP contribution in [0.25, 0.3) is 11.1 Å². The highest BCUT2D eigenvalue weighted by atomic mass is 19.4. The molecule has 0 aliphatic heterocycles. The Morgan fingerprint density at radius 2 is 1.70 bits per heavy atom. The molecule has 0 aliphatic rings. The van der Waals surface area contributed by atoms with E-state index >= 15 is 0 Å². The van der Waals surface area contributed by atoms with Gasteiger partial charge in [-0.1, -0.05) is 24.3 Å². The first-order valence-electron chi connectivity index (χ1n) is 6.08. The van der Waals surface area contributed by atoms with Gasteiger partial charge >= 0.3 is 6.18 Å². The van der Waals surface area contributed by atoms with E-state index in [0.717, 1.165) is 12.1 Å². The summed E-state index contributed by atoms with van der Waals surface area (Å²) in [5.74, 6) is -0.546. The van der Waals surface area contributed by atoms with Crippen molar-refractivity contribution >= 4 is 0 Å². The molecule has 106 valence electrons. The third-order valence-electron chi connectivity index (χ3n) is 2.99. The van der Waals surface area contributed by atoms with E-state index in [1.807, 2.05) is 0 Å². The second-order valence-corrected chi connectivity index (χ2v) is 4.39. The number of alkyl halides is 3. The van der Waals surface area contributed by atoms with Crippen molar-refractivity contribution < 1.29 is 17.6 Å². The molecule has 0 spiro atoms. The van der Waals surface area contributed by atoms with Crippen LogP contribution >= 0.6 is 0 Å². The zero-order valence-electron chi connectivity index (χ0n) is 10.5. The van der Waals surface area contributed by atoms with Crippen molar-refractivity contribution in [2.45, 2.75) is 12.6 Å². The molecular formula is C15H13F4N. The Morgan fingerprint density at radius 3 is 2.35 bits per heavy atom. The summed E-state index contributed by atoms with van der Waals surface area (Å²) in [6.45, 7) is 0.301. The van der Waals surface area contributed by atoms with E-state index in [1.54, 1.807) is 6.07 Å². The Kier molecular flexibility index (Phi) is 4.09. The highest BCUT2D eigenvalue weighted by Crippen LogP contribution is 2.34. The van der Waals surface area contributed by atoms with Gasteiger partial charge in [-0.15, -0.1) is 0 Å². The highest BCUT2D eigenvalue weighted by molar-refractivity contribution is 5.69. The fourth-order valence-corrected chi connectivity index (χ4v) is 2.11. The molecule has 0 atom stereocenters. The van der Waals surface area contributed by atoms with Gasteiger partial charge in [-0.2, -0.15) is 13.2 Å². The van der Waals surface area contributed by atoms with E-state index < -0.39 is 17.6 Å². The molecule has 0 bridgehead atoms. The maximum Gasteiger partial charge on any atom is 0.416 e. The Morgan fingerprint density at radius 1 is 1.00 bits per heavy atom. The molecule has 2 aromatic rings. The molecule has 1 nitrogen and oxygen atoms in total. The van der Waals surface area contributed by atoms with Gasteiger partial charge in [-0.25, -0.2) is 4.39 Å². The van der Waals surface area contributed by atoms with Crippen molar-refractivity contribution in [1.82, 2.24) is 0 Å². The van der Waals surface area contributed by atoms with Gasteiger partial charge in [-0.3, -0.25) is 0 Å².